The highest BCUT2D eigenvalue weighted by atomic mass is 16.5. The van der Waals surface area contributed by atoms with Gasteiger partial charge in [0.2, 0.25) is 0 Å². The van der Waals surface area contributed by atoms with E-state index in [1.165, 1.54) is 49.7 Å². The lowest BCUT2D eigenvalue weighted by molar-refractivity contribution is -0.00518. The molecule has 4 bridgehead atoms. The van der Waals surface area contributed by atoms with E-state index in [-0.39, 0.29) is 23.8 Å². The number of fused-ring (bicyclic) bond motifs is 2. The van der Waals surface area contributed by atoms with Crippen molar-refractivity contribution >= 4 is 0 Å². The normalized spacial score (nSPS) is 31.1. The Morgan fingerprint density at radius 1 is 0.675 bits per heavy atom. The van der Waals surface area contributed by atoms with Gasteiger partial charge in [-0.2, -0.15) is 9.97 Å². The molecule has 6 aliphatic rings. The molecule has 2 aliphatic heterocycles. The number of hydrogen-bond donors (Lipinski definition) is 2. The number of aromatic hydroxyl groups is 2. The molecule has 2 atom stereocenters. The first-order chi connectivity index (χ1) is 19.5. The van der Waals surface area contributed by atoms with E-state index in [0.29, 0.717) is 30.4 Å². The van der Waals surface area contributed by atoms with Crippen molar-refractivity contribution in [1.29, 1.82) is 0 Å². The summed E-state index contributed by atoms with van der Waals surface area (Å²) in [5, 5.41) is 20.2. The van der Waals surface area contributed by atoms with Crippen molar-refractivity contribution < 1.29 is 19.7 Å². The molecule has 0 radical (unpaired) electrons. The maximum atomic E-state index is 10.1. The van der Waals surface area contributed by atoms with Gasteiger partial charge in [0, 0.05) is 0 Å². The van der Waals surface area contributed by atoms with Crippen LogP contribution in [0, 0.1) is 17.8 Å². The molecule has 4 heterocycles. The van der Waals surface area contributed by atoms with Gasteiger partial charge in [-0.15, -0.1) is 0 Å². The Morgan fingerprint density at radius 2 is 1.18 bits per heavy atom. The number of nitrogens with zero attached hydrogens (tertiary/aromatic N) is 4. The van der Waals surface area contributed by atoms with E-state index < -0.39 is 0 Å². The van der Waals surface area contributed by atoms with Crippen molar-refractivity contribution in [3.63, 3.8) is 0 Å². The first kappa shape index (κ1) is 22.8. The van der Waals surface area contributed by atoms with Gasteiger partial charge in [-0.25, -0.2) is 0 Å². The lowest BCUT2D eigenvalue weighted by Gasteiger charge is -2.57. The summed E-state index contributed by atoms with van der Waals surface area (Å²) in [6.07, 6.45) is 11.7. The van der Waals surface area contributed by atoms with Crippen molar-refractivity contribution in [2.75, 3.05) is 13.2 Å². The van der Waals surface area contributed by atoms with E-state index in [1.807, 2.05) is 9.13 Å². The van der Waals surface area contributed by atoms with Crippen LogP contribution in [0.15, 0.2) is 55.1 Å². The minimum atomic E-state index is -0.105. The summed E-state index contributed by atoms with van der Waals surface area (Å²) in [4.78, 5) is 8.09. The predicted molar refractivity (Wildman–Crippen MR) is 147 cm³/mol. The van der Waals surface area contributed by atoms with Gasteiger partial charge in [-0.3, -0.25) is 9.13 Å². The summed E-state index contributed by atoms with van der Waals surface area (Å²) in [5.74, 6) is 3.42. The zero-order valence-electron chi connectivity index (χ0n) is 22.2. The van der Waals surface area contributed by atoms with Crippen molar-refractivity contribution in [2.24, 2.45) is 17.8 Å². The Hall–Kier alpha value is -3.94. The number of hydrogen-bond acceptors (Lipinski definition) is 6. The van der Waals surface area contributed by atoms with Crippen LogP contribution in [0.5, 0.6) is 23.5 Å². The molecule has 0 saturated heterocycles. The Balaban J connectivity index is 1.11. The molecule has 4 fully saturated rings. The van der Waals surface area contributed by atoms with Gasteiger partial charge < -0.3 is 19.7 Å². The lowest BCUT2D eigenvalue weighted by atomic mass is 9.48. The van der Waals surface area contributed by atoms with Crippen LogP contribution in [0.4, 0.5) is 0 Å². The minimum Gasteiger partial charge on any atom is -0.489 e. The molecule has 2 aromatic heterocycles. The molecule has 40 heavy (non-hydrogen) atoms. The van der Waals surface area contributed by atoms with Gasteiger partial charge in [0.05, 0.1) is 12.1 Å². The maximum absolute atomic E-state index is 10.1. The molecule has 4 aliphatic carbocycles. The molecule has 8 nitrogen and oxygen atoms in total. The third-order valence-electron chi connectivity index (χ3n) is 10.5. The molecule has 2 unspecified atom stereocenters. The Kier molecular flexibility index (Phi) is 4.60. The van der Waals surface area contributed by atoms with Crippen molar-refractivity contribution in [3.8, 4) is 34.6 Å². The van der Waals surface area contributed by atoms with Crippen LogP contribution < -0.4 is 9.47 Å². The third kappa shape index (κ3) is 3.25. The molecule has 204 valence electrons. The van der Waals surface area contributed by atoms with Crippen molar-refractivity contribution in [3.05, 3.63) is 71.8 Å². The molecular formula is C32H32N4O4. The summed E-state index contributed by atoms with van der Waals surface area (Å²) in [6, 6.07) is 15.8. The smallest absolute Gasteiger partial charge is 0.275 e. The first-order valence-electron chi connectivity index (χ1n) is 14.6. The standard InChI is InChI=1S/C32H32N4O4/c37-28-30-35(16-33-28)26(14-39-30)23-8-22(9-24(10-23)27-15-40-31-29(38)34-17-36(27)31)21-1-3-25(4-2-21)32-11-18-5-19(12-32)7-20(6-18)13-32/h1-4,8-10,16-20,26-27,37-38H,5-7,11-15H2. The number of aromatic nitrogens is 4. The van der Waals surface area contributed by atoms with Gasteiger partial charge in [-0.05, 0) is 102 Å². The SMILES string of the molecule is Oc1ncn2c1OCC2c1cc(-c2ccc(C34CC5CC(CC(C5)C3)C4)cc2)cc(C2COc3c(O)ncn32)c1. The molecule has 2 aromatic carbocycles. The fraction of sp³-hybridized carbons (Fsp3) is 0.438. The second kappa shape index (κ2) is 8.05. The van der Waals surface area contributed by atoms with Crippen LogP contribution in [0.3, 0.4) is 0 Å². The fourth-order valence-corrected chi connectivity index (χ4v) is 9.10. The van der Waals surface area contributed by atoms with Gasteiger partial charge in [0.1, 0.15) is 25.9 Å². The molecule has 4 saturated carbocycles. The molecule has 0 spiro atoms. The second-order valence-corrected chi connectivity index (χ2v) is 12.9. The van der Waals surface area contributed by atoms with Gasteiger partial charge in [0.15, 0.2) is 0 Å². The largest absolute Gasteiger partial charge is 0.489 e. The number of rotatable bonds is 4. The topological polar surface area (TPSA) is 94.6 Å². The summed E-state index contributed by atoms with van der Waals surface area (Å²) in [6.45, 7) is 0.856. The highest BCUT2D eigenvalue weighted by Crippen LogP contribution is 2.60. The first-order valence-corrected chi connectivity index (χ1v) is 14.6. The van der Waals surface area contributed by atoms with Crippen LogP contribution in [-0.2, 0) is 5.41 Å². The van der Waals surface area contributed by atoms with E-state index in [0.717, 1.165) is 34.4 Å². The van der Waals surface area contributed by atoms with E-state index >= 15 is 0 Å². The third-order valence-corrected chi connectivity index (χ3v) is 10.5. The van der Waals surface area contributed by atoms with Crippen LogP contribution in [0.1, 0.15) is 67.3 Å². The van der Waals surface area contributed by atoms with E-state index in [4.69, 9.17) is 9.47 Å². The van der Waals surface area contributed by atoms with E-state index in [1.54, 1.807) is 12.7 Å². The van der Waals surface area contributed by atoms with E-state index in [9.17, 15) is 10.2 Å². The monoisotopic (exact) mass is 536 g/mol. The summed E-state index contributed by atoms with van der Waals surface area (Å²) >= 11 is 0. The van der Waals surface area contributed by atoms with Gasteiger partial charge in [0.25, 0.3) is 23.5 Å². The molecule has 4 aromatic rings. The number of benzene rings is 2. The molecule has 2 N–H and O–H groups in total. The highest BCUT2D eigenvalue weighted by molar-refractivity contribution is 5.67. The highest BCUT2D eigenvalue weighted by Gasteiger charge is 2.51. The van der Waals surface area contributed by atoms with Gasteiger partial charge >= 0.3 is 0 Å². The summed E-state index contributed by atoms with van der Waals surface area (Å²) < 4.78 is 15.4. The van der Waals surface area contributed by atoms with Crippen molar-refractivity contribution in [1.82, 2.24) is 19.1 Å². The maximum Gasteiger partial charge on any atom is 0.275 e. The van der Waals surface area contributed by atoms with Crippen LogP contribution in [-0.4, -0.2) is 42.5 Å². The Morgan fingerprint density at radius 3 is 1.68 bits per heavy atom. The number of imidazole rings is 2. The average molecular weight is 537 g/mol. The quantitative estimate of drug-likeness (QED) is 0.353. The van der Waals surface area contributed by atoms with Crippen LogP contribution in [0.25, 0.3) is 11.1 Å². The molecule has 10 rings (SSSR count). The lowest BCUT2D eigenvalue weighted by Crippen LogP contribution is -2.48. The van der Waals surface area contributed by atoms with Crippen molar-refractivity contribution in [2.45, 2.75) is 56.0 Å². The van der Waals surface area contributed by atoms with Gasteiger partial charge in [-0.1, -0.05) is 30.3 Å². The van der Waals surface area contributed by atoms with E-state index in [2.05, 4.69) is 52.4 Å². The predicted octanol–water partition coefficient (Wildman–Crippen LogP) is 5.59. The molecular weight excluding hydrogens is 504 g/mol. The van der Waals surface area contributed by atoms with Crippen LogP contribution >= 0.6 is 0 Å². The summed E-state index contributed by atoms with van der Waals surface area (Å²) in [5.41, 5.74) is 6.36. The molecule has 8 heteroatoms. The second-order valence-electron chi connectivity index (χ2n) is 12.9. The molecule has 0 amide bonds. The number of ether oxygens (including phenoxy) is 2. The Bertz CT molecular complexity index is 1530. The zero-order chi connectivity index (χ0) is 26.6. The summed E-state index contributed by atoms with van der Waals surface area (Å²) in [7, 11) is 0. The fourth-order valence-electron chi connectivity index (χ4n) is 9.10. The zero-order valence-corrected chi connectivity index (χ0v) is 22.2. The average Bonchev–Trinajstić information content (AvgIpc) is 3.73. The minimum absolute atomic E-state index is 0.0816. The Labute approximate surface area is 232 Å². The van der Waals surface area contributed by atoms with Crippen LogP contribution in [0.2, 0.25) is 0 Å².